The van der Waals surface area contributed by atoms with Gasteiger partial charge in [0, 0.05) is 31.6 Å². The minimum absolute atomic E-state index is 0.0213. The molecule has 0 fully saturated rings. The molecule has 2 amide bonds. The largest absolute Gasteiger partial charge is 0.483 e. The second-order valence-corrected chi connectivity index (χ2v) is 6.78. The molecular formula is C21H22N2O4. The summed E-state index contributed by atoms with van der Waals surface area (Å²) in [6.45, 7) is 1.78. The Morgan fingerprint density at radius 3 is 2.63 bits per heavy atom. The van der Waals surface area contributed by atoms with Gasteiger partial charge in [0.1, 0.15) is 11.9 Å². The van der Waals surface area contributed by atoms with Crippen LogP contribution in [0.3, 0.4) is 0 Å². The van der Waals surface area contributed by atoms with E-state index in [4.69, 9.17) is 9.47 Å². The summed E-state index contributed by atoms with van der Waals surface area (Å²) in [6.07, 6.45) is 0.0927. The second-order valence-electron chi connectivity index (χ2n) is 6.78. The van der Waals surface area contributed by atoms with Crippen LogP contribution in [0.4, 0.5) is 0 Å². The van der Waals surface area contributed by atoms with Gasteiger partial charge in [0.15, 0.2) is 6.61 Å². The van der Waals surface area contributed by atoms with E-state index in [-0.39, 0.29) is 18.4 Å². The highest BCUT2D eigenvalue weighted by Gasteiger charge is 2.26. The summed E-state index contributed by atoms with van der Waals surface area (Å²) in [4.78, 5) is 26.4. The molecular weight excluding hydrogens is 344 g/mol. The van der Waals surface area contributed by atoms with Crippen LogP contribution in [-0.2, 0) is 33.9 Å². The van der Waals surface area contributed by atoms with E-state index in [1.165, 1.54) is 0 Å². The lowest BCUT2D eigenvalue weighted by Gasteiger charge is -2.25. The smallest absolute Gasteiger partial charge is 0.260 e. The Bertz CT molecular complexity index is 852. The molecule has 1 N–H and O–H groups in total. The van der Waals surface area contributed by atoms with E-state index < -0.39 is 6.10 Å². The zero-order valence-electron chi connectivity index (χ0n) is 15.0. The molecule has 140 valence electrons. The van der Waals surface area contributed by atoms with Crippen LogP contribution in [0.15, 0.2) is 48.5 Å². The molecule has 1 unspecified atom stereocenters. The van der Waals surface area contributed by atoms with Gasteiger partial charge < -0.3 is 19.7 Å². The topological polar surface area (TPSA) is 67.9 Å². The van der Waals surface area contributed by atoms with Gasteiger partial charge in [-0.3, -0.25) is 9.59 Å². The molecule has 6 heteroatoms. The highest BCUT2D eigenvalue weighted by Crippen LogP contribution is 2.23. The first-order valence-corrected chi connectivity index (χ1v) is 9.15. The van der Waals surface area contributed by atoms with Crippen molar-refractivity contribution in [2.24, 2.45) is 0 Å². The van der Waals surface area contributed by atoms with Crippen molar-refractivity contribution in [1.82, 2.24) is 10.2 Å². The number of carbonyl (C=O) groups is 2. The van der Waals surface area contributed by atoms with Gasteiger partial charge in [-0.05, 0) is 17.2 Å². The van der Waals surface area contributed by atoms with Gasteiger partial charge in [0.2, 0.25) is 5.91 Å². The number of para-hydroxylation sites is 1. The number of rotatable bonds is 4. The van der Waals surface area contributed by atoms with E-state index in [1.807, 2.05) is 48.5 Å². The SMILES string of the molecule is O=C(NCCN1Cc2ccccc2OCC1=O)C1Cc2ccccc2CO1. The molecule has 2 aliphatic rings. The Balaban J connectivity index is 1.30. The average Bonchev–Trinajstić information content (AvgIpc) is 2.86. The van der Waals surface area contributed by atoms with E-state index in [1.54, 1.807) is 4.90 Å². The third-order valence-corrected chi connectivity index (χ3v) is 4.97. The number of nitrogens with one attached hydrogen (secondary N) is 1. The normalized spacial score (nSPS) is 18.7. The molecule has 0 aliphatic carbocycles. The summed E-state index contributed by atoms with van der Waals surface area (Å²) in [5, 5.41) is 2.90. The van der Waals surface area contributed by atoms with Crippen molar-refractivity contribution < 1.29 is 19.1 Å². The van der Waals surface area contributed by atoms with E-state index in [2.05, 4.69) is 5.32 Å². The zero-order valence-corrected chi connectivity index (χ0v) is 15.0. The molecule has 2 aromatic carbocycles. The lowest BCUT2D eigenvalue weighted by molar-refractivity contribution is -0.136. The minimum Gasteiger partial charge on any atom is -0.483 e. The van der Waals surface area contributed by atoms with Crippen molar-refractivity contribution in [1.29, 1.82) is 0 Å². The monoisotopic (exact) mass is 366 g/mol. The number of nitrogens with zero attached hydrogens (tertiary/aromatic N) is 1. The van der Waals surface area contributed by atoms with Gasteiger partial charge in [0.25, 0.3) is 5.91 Å². The first kappa shape index (κ1) is 17.5. The maximum Gasteiger partial charge on any atom is 0.260 e. The van der Waals surface area contributed by atoms with Crippen LogP contribution < -0.4 is 10.1 Å². The first-order chi connectivity index (χ1) is 13.2. The Morgan fingerprint density at radius 1 is 1.04 bits per heavy atom. The number of amides is 2. The second kappa shape index (κ2) is 7.80. The Kier molecular flexibility index (Phi) is 5.07. The number of fused-ring (bicyclic) bond motifs is 2. The number of ether oxygens (including phenoxy) is 2. The lowest BCUT2D eigenvalue weighted by atomic mass is 9.99. The van der Waals surface area contributed by atoms with Crippen molar-refractivity contribution >= 4 is 11.8 Å². The van der Waals surface area contributed by atoms with E-state index in [0.29, 0.717) is 32.7 Å². The molecule has 2 aliphatic heterocycles. The van der Waals surface area contributed by atoms with Crippen molar-refractivity contribution in [2.45, 2.75) is 25.7 Å². The molecule has 2 aromatic rings. The van der Waals surface area contributed by atoms with Crippen LogP contribution in [0.25, 0.3) is 0 Å². The fourth-order valence-corrected chi connectivity index (χ4v) is 3.45. The maximum atomic E-state index is 12.4. The maximum absolute atomic E-state index is 12.4. The van der Waals surface area contributed by atoms with Gasteiger partial charge in [-0.25, -0.2) is 0 Å². The predicted octanol–water partition coefficient (Wildman–Crippen LogP) is 1.67. The highest BCUT2D eigenvalue weighted by atomic mass is 16.5. The van der Waals surface area contributed by atoms with E-state index in [0.717, 1.165) is 22.4 Å². The molecule has 1 atom stereocenters. The van der Waals surface area contributed by atoms with Crippen molar-refractivity contribution in [3.05, 3.63) is 65.2 Å². The fraction of sp³-hybridized carbons (Fsp3) is 0.333. The standard InChI is InChI=1S/C21H22N2O4/c24-20-14-27-18-8-4-3-6-16(18)12-23(20)10-9-22-21(25)19-11-15-5-1-2-7-17(15)13-26-19/h1-8,19H,9-14H2,(H,22,25). The Labute approximate surface area is 158 Å². The van der Waals surface area contributed by atoms with Crippen LogP contribution in [0.1, 0.15) is 16.7 Å². The van der Waals surface area contributed by atoms with Crippen LogP contribution >= 0.6 is 0 Å². The van der Waals surface area contributed by atoms with Gasteiger partial charge in [0.05, 0.1) is 6.61 Å². The summed E-state index contributed by atoms with van der Waals surface area (Å²) in [5.74, 6) is 0.526. The molecule has 0 spiro atoms. The summed E-state index contributed by atoms with van der Waals surface area (Å²) < 4.78 is 11.2. The first-order valence-electron chi connectivity index (χ1n) is 9.15. The number of hydrogen-bond acceptors (Lipinski definition) is 4. The summed E-state index contributed by atoms with van der Waals surface area (Å²) >= 11 is 0. The van der Waals surface area contributed by atoms with Crippen LogP contribution in [0, 0.1) is 0 Å². The molecule has 0 saturated heterocycles. The third-order valence-electron chi connectivity index (χ3n) is 4.97. The molecule has 0 radical (unpaired) electrons. The molecule has 2 heterocycles. The summed E-state index contributed by atoms with van der Waals surface area (Å²) in [6, 6.07) is 15.6. The molecule has 6 nitrogen and oxygen atoms in total. The van der Waals surface area contributed by atoms with Crippen LogP contribution in [-0.4, -0.2) is 42.5 Å². The van der Waals surface area contributed by atoms with Gasteiger partial charge in [-0.1, -0.05) is 42.5 Å². The van der Waals surface area contributed by atoms with Crippen molar-refractivity contribution in [3.8, 4) is 5.75 Å². The lowest BCUT2D eigenvalue weighted by Crippen LogP contribution is -2.44. The Morgan fingerprint density at radius 2 is 1.78 bits per heavy atom. The molecule has 4 rings (SSSR count). The number of hydrogen-bond donors (Lipinski definition) is 1. The average molecular weight is 366 g/mol. The molecule has 0 bridgehead atoms. The predicted molar refractivity (Wildman–Crippen MR) is 99.1 cm³/mol. The van der Waals surface area contributed by atoms with Crippen molar-refractivity contribution in [2.75, 3.05) is 19.7 Å². The summed E-state index contributed by atoms with van der Waals surface area (Å²) in [5.41, 5.74) is 3.26. The molecule has 0 saturated carbocycles. The quantitative estimate of drug-likeness (QED) is 0.894. The van der Waals surface area contributed by atoms with Crippen LogP contribution in [0.5, 0.6) is 5.75 Å². The van der Waals surface area contributed by atoms with Gasteiger partial charge >= 0.3 is 0 Å². The molecule has 27 heavy (non-hydrogen) atoms. The Hall–Kier alpha value is -2.86. The van der Waals surface area contributed by atoms with E-state index >= 15 is 0 Å². The van der Waals surface area contributed by atoms with Gasteiger partial charge in [-0.15, -0.1) is 0 Å². The molecule has 0 aromatic heterocycles. The van der Waals surface area contributed by atoms with Crippen molar-refractivity contribution in [3.63, 3.8) is 0 Å². The highest BCUT2D eigenvalue weighted by molar-refractivity contribution is 5.81. The third kappa shape index (κ3) is 3.95. The van der Waals surface area contributed by atoms with Crippen LogP contribution in [0.2, 0.25) is 0 Å². The minimum atomic E-state index is -0.483. The fourth-order valence-electron chi connectivity index (χ4n) is 3.45. The number of carbonyl (C=O) groups excluding carboxylic acids is 2. The summed E-state index contributed by atoms with van der Waals surface area (Å²) in [7, 11) is 0. The van der Waals surface area contributed by atoms with Gasteiger partial charge in [-0.2, -0.15) is 0 Å². The zero-order chi connectivity index (χ0) is 18.6. The number of benzene rings is 2. The van der Waals surface area contributed by atoms with E-state index in [9.17, 15) is 9.59 Å².